The highest BCUT2D eigenvalue weighted by Gasteiger charge is 2.21. The Balaban J connectivity index is 1.36. The van der Waals surface area contributed by atoms with Gasteiger partial charge in [0.1, 0.15) is 0 Å². The molecule has 0 spiro atoms. The summed E-state index contributed by atoms with van der Waals surface area (Å²) in [6, 6.07) is 13.9. The summed E-state index contributed by atoms with van der Waals surface area (Å²) in [5.41, 5.74) is 6.71. The van der Waals surface area contributed by atoms with Gasteiger partial charge in [0.15, 0.2) is 17.1 Å². The van der Waals surface area contributed by atoms with Crippen molar-refractivity contribution in [2.45, 2.75) is 47.1 Å². The summed E-state index contributed by atoms with van der Waals surface area (Å²) < 4.78 is 18.6. The number of nitrogens with zero attached hydrogens (tertiary/aromatic N) is 3. The number of aromatic nitrogens is 3. The molecule has 0 atom stereocenters. The molecule has 0 unspecified atom stereocenters. The van der Waals surface area contributed by atoms with E-state index < -0.39 is 0 Å². The summed E-state index contributed by atoms with van der Waals surface area (Å²) in [5, 5.41) is 8.78. The van der Waals surface area contributed by atoms with Crippen LogP contribution >= 0.6 is 0 Å². The zero-order valence-corrected chi connectivity index (χ0v) is 21.1. The van der Waals surface area contributed by atoms with E-state index in [1.54, 1.807) is 0 Å². The molecule has 8 heteroatoms. The fourth-order valence-corrected chi connectivity index (χ4v) is 4.60. The van der Waals surface area contributed by atoms with Gasteiger partial charge in [-0.3, -0.25) is 4.79 Å². The van der Waals surface area contributed by atoms with Crippen molar-refractivity contribution in [3.05, 3.63) is 70.4 Å². The van der Waals surface area contributed by atoms with E-state index in [0.29, 0.717) is 37.6 Å². The second kappa shape index (κ2) is 9.89. The molecule has 5 rings (SSSR count). The number of carbonyl (C=O) groups excluding carboxylic acids is 1. The highest BCUT2D eigenvalue weighted by atomic mass is 16.7. The Kier molecular flexibility index (Phi) is 6.50. The summed E-state index contributed by atoms with van der Waals surface area (Å²) in [6.07, 6.45) is 0.843. The Bertz CT molecular complexity index is 1440. The van der Waals surface area contributed by atoms with Crippen LogP contribution in [-0.4, -0.2) is 34.1 Å². The number of fused-ring (bicyclic) bond motifs is 2. The number of rotatable bonds is 8. The first-order valence-corrected chi connectivity index (χ1v) is 12.2. The molecule has 3 heterocycles. The van der Waals surface area contributed by atoms with E-state index in [-0.39, 0.29) is 12.7 Å². The maximum Gasteiger partial charge on any atom is 0.231 e. The average Bonchev–Trinajstić information content (AvgIpc) is 3.46. The minimum Gasteiger partial charge on any atom is -0.478 e. The molecule has 0 aliphatic carbocycles. The fraction of sp³-hybridized carbons (Fsp3) is 0.321. The van der Waals surface area contributed by atoms with E-state index in [4.69, 9.17) is 24.3 Å². The molecule has 1 aliphatic heterocycles. The van der Waals surface area contributed by atoms with Crippen molar-refractivity contribution < 1.29 is 19.0 Å². The SMILES string of the molecule is CCOc1nc2c(c(C)nn2-c2cccc(C)c2)c(C)c1CCC(=O)NCc1ccc2c(c1)OCO2. The molecular weight excluding hydrogens is 456 g/mol. The van der Waals surface area contributed by atoms with Crippen LogP contribution in [0.2, 0.25) is 0 Å². The van der Waals surface area contributed by atoms with Crippen LogP contribution in [0.1, 0.15) is 41.3 Å². The third-order valence-electron chi connectivity index (χ3n) is 6.39. The summed E-state index contributed by atoms with van der Waals surface area (Å²) in [6.45, 7) is 9.18. The van der Waals surface area contributed by atoms with Gasteiger partial charge in [-0.25, -0.2) is 4.68 Å². The summed E-state index contributed by atoms with van der Waals surface area (Å²) in [7, 11) is 0. The number of amides is 1. The van der Waals surface area contributed by atoms with Crippen molar-refractivity contribution in [3.63, 3.8) is 0 Å². The van der Waals surface area contributed by atoms with E-state index >= 15 is 0 Å². The Morgan fingerprint density at radius 1 is 1.11 bits per heavy atom. The van der Waals surface area contributed by atoms with Gasteiger partial charge >= 0.3 is 0 Å². The van der Waals surface area contributed by atoms with Crippen molar-refractivity contribution in [2.75, 3.05) is 13.4 Å². The number of nitrogens with one attached hydrogen (secondary N) is 1. The van der Waals surface area contributed by atoms with E-state index in [1.807, 2.05) is 48.9 Å². The third kappa shape index (κ3) is 4.58. The van der Waals surface area contributed by atoms with Crippen LogP contribution in [0.3, 0.4) is 0 Å². The van der Waals surface area contributed by atoms with Crippen LogP contribution in [0.15, 0.2) is 42.5 Å². The molecule has 4 aromatic rings. The van der Waals surface area contributed by atoms with Gasteiger partial charge in [-0.15, -0.1) is 0 Å². The molecule has 1 amide bonds. The molecule has 0 bridgehead atoms. The van der Waals surface area contributed by atoms with Crippen molar-refractivity contribution >= 4 is 16.9 Å². The highest BCUT2D eigenvalue weighted by Crippen LogP contribution is 2.33. The number of carbonyl (C=O) groups is 1. The first kappa shape index (κ1) is 23.7. The standard InChI is InChI=1S/C28H30N4O4/c1-5-34-28-22(10-12-25(33)29-15-20-9-11-23-24(14-20)36-16-35-23)18(3)26-19(4)31-32(27(26)30-28)21-8-6-7-17(2)13-21/h6-9,11,13-14H,5,10,12,15-16H2,1-4H3,(H,29,33). The molecule has 36 heavy (non-hydrogen) atoms. The zero-order chi connectivity index (χ0) is 25.2. The molecule has 1 aliphatic rings. The van der Waals surface area contributed by atoms with Crippen molar-refractivity contribution in [2.24, 2.45) is 0 Å². The van der Waals surface area contributed by atoms with Crippen LogP contribution < -0.4 is 19.5 Å². The molecule has 0 saturated carbocycles. The van der Waals surface area contributed by atoms with Gasteiger partial charge < -0.3 is 19.5 Å². The maximum atomic E-state index is 12.7. The molecule has 0 fully saturated rings. The van der Waals surface area contributed by atoms with Crippen LogP contribution in [0, 0.1) is 20.8 Å². The number of hydrogen-bond donors (Lipinski definition) is 1. The largest absolute Gasteiger partial charge is 0.478 e. The number of pyridine rings is 1. The van der Waals surface area contributed by atoms with Gasteiger partial charge in [-0.05, 0) is 75.1 Å². The smallest absolute Gasteiger partial charge is 0.231 e. The molecule has 0 radical (unpaired) electrons. The fourth-order valence-electron chi connectivity index (χ4n) is 4.60. The summed E-state index contributed by atoms with van der Waals surface area (Å²) in [4.78, 5) is 17.6. The maximum absolute atomic E-state index is 12.7. The quantitative estimate of drug-likeness (QED) is 0.388. The van der Waals surface area contributed by atoms with E-state index in [2.05, 4.69) is 31.3 Å². The first-order chi connectivity index (χ1) is 17.4. The topological polar surface area (TPSA) is 87.5 Å². The minimum atomic E-state index is -0.0400. The predicted molar refractivity (Wildman–Crippen MR) is 137 cm³/mol. The Hall–Kier alpha value is -4.07. The van der Waals surface area contributed by atoms with Gasteiger partial charge in [0.2, 0.25) is 18.6 Å². The number of benzene rings is 2. The summed E-state index contributed by atoms with van der Waals surface area (Å²) >= 11 is 0. The number of hydrogen-bond acceptors (Lipinski definition) is 6. The van der Waals surface area contributed by atoms with Crippen molar-refractivity contribution in [1.82, 2.24) is 20.1 Å². The second-order valence-corrected chi connectivity index (χ2v) is 8.95. The Morgan fingerprint density at radius 2 is 1.94 bits per heavy atom. The summed E-state index contributed by atoms with van der Waals surface area (Å²) in [5.74, 6) is 1.95. The monoisotopic (exact) mass is 486 g/mol. The van der Waals surface area contributed by atoms with Gasteiger partial charge in [-0.2, -0.15) is 10.1 Å². The van der Waals surface area contributed by atoms with Gasteiger partial charge in [-0.1, -0.05) is 18.2 Å². The van der Waals surface area contributed by atoms with Crippen molar-refractivity contribution in [3.8, 4) is 23.1 Å². The first-order valence-electron chi connectivity index (χ1n) is 12.2. The predicted octanol–water partition coefficient (Wildman–Crippen LogP) is 4.72. The lowest BCUT2D eigenvalue weighted by Gasteiger charge is -2.14. The molecule has 2 aromatic heterocycles. The van der Waals surface area contributed by atoms with E-state index in [9.17, 15) is 4.79 Å². The second-order valence-electron chi connectivity index (χ2n) is 8.95. The lowest BCUT2D eigenvalue weighted by molar-refractivity contribution is -0.121. The van der Waals surface area contributed by atoms with Crippen LogP contribution in [0.4, 0.5) is 0 Å². The number of ether oxygens (including phenoxy) is 3. The molecular formula is C28H30N4O4. The molecule has 8 nitrogen and oxygen atoms in total. The molecule has 1 N–H and O–H groups in total. The van der Waals surface area contributed by atoms with Crippen LogP contribution in [0.5, 0.6) is 17.4 Å². The number of aryl methyl sites for hydroxylation is 3. The van der Waals surface area contributed by atoms with Crippen LogP contribution in [0.25, 0.3) is 16.7 Å². The molecule has 186 valence electrons. The van der Waals surface area contributed by atoms with Gasteiger partial charge in [0, 0.05) is 23.9 Å². The molecule has 2 aromatic carbocycles. The third-order valence-corrected chi connectivity index (χ3v) is 6.39. The van der Waals surface area contributed by atoms with Gasteiger partial charge in [0.25, 0.3) is 0 Å². The molecule has 0 saturated heterocycles. The van der Waals surface area contributed by atoms with E-state index in [1.165, 1.54) is 0 Å². The average molecular weight is 487 g/mol. The Labute approximate surface area is 210 Å². The Morgan fingerprint density at radius 3 is 2.75 bits per heavy atom. The van der Waals surface area contributed by atoms with Gasteiger partial charge in [0.05, 0.1) is 18.0 Å². The highest BCUT2D eigenvalue weighted by molar-refractivity contribution is 5.86. The lowest BCUT2D eigenvalue weighted by atomic mass is 10.0. The van der Waals surface area contributed by atoms with Crippen molar-refractivity contribution in [1.29, 1.82) is 0 Å². The lowest BCUT2D eigenvalue weighted by Crippen LogP contribution is -2.23. The zero-order valence-electron chi connectivity index (χ0n) is 21.1. The van der Waals surface area contributed by atoms with E-state index in [0.717, 1.165) is 50.4 Å². The van der Waals surface area contributed by atoms with Crippen LogP contribution in [-0.2, 0) is 17.8 Å². The minimum absolute atomic E-state index is 0.0400. The normalized spacial score (nSPS) is 12.2.